The van der Waals surface area contributed by atoms with Crippen LogP contribution < -0.4 is 5.32 Å². The lowest BCUT2D eigenvalue weighted by Crippen LogP contribution is -2.15. The predicted molar refractivity (Wildman–Crippen MR) is 108 cm³/mol. The summed E-state index contributed by atoms with van der Waals surface area (Å²) in [4.78, 5) is 25.2. The van der Waals surface area contributed by atoms with Gasteiger partial charge in [0, 0.05) is 12.1 Å². The zero-order valence-electron chi connectivity index (χ0n) is 15.7. The smallest absolute Gasteiger partial charge is 0.259 e. The Bertz CT molecular complexity index is 972. The molecule has 0 aromatic heterocycles. The summed E-state index contributed by atoms with van der Waals surface area (Å²) in [6.45, 7) is 3.65. The predicted octanol–water partition coefficient (Wildman–Crippen LogP) is 4.39. The second-order valence-electron chi connectivity index (χ2n) is 6.75. The van der Waals surface area contributed by atoms with Crippen LogP contribution in [0.3, 0.4) is 0 Å². The van der Waals surface area contributed by atoms with Crippen LogP contribution >= 0.6 is 0 Å². The molecule has 28 heavy (non-hydrogen) atoms. The van der Waals surface area contributed by atoms with E-state index in [9.17, 15) is 19.8 Å². The molecule has 3 aromatic rings. The Morgan fingerprint density at radius 1 is 0.821 bits per heavy atom. The van der Waals surface area contributed by atoms with E-state index in [1.54, 1.807) is 54.6 Å². The number of rotatable bonds is 5. The molecule has 0 heterocycles. The third-order valence-corrected chi connectivity index (χ3v) is 4.47. The van der Waals surface area contributed by atoms with E-state index in [-0.39, 0.29) is 34.8 Å². The summed E-state index contributed by atoms with van der Waals surface area (Å²) < 4.78 is 0. The first-order chi connectivity index (χ1) is 13.3. The average Bonchev–Trinajstić information content (AvgIpc) is 2.63. The molecule has 0 saturated carbocycles. The molecule has 0 fully saturated rings. The Morgan fingerprint density at radius 2 is 1.39 bits per heavy atom. The van der Waals surface area contributed by atoms with Gasteiger partial charge in [-0.3, -0.25) is 9.59 Å². The van der Waals surface area contributed by atoms with Crippen molar-refractivity contribution in [1.82, 2.24) is 0 Å². The van der Waals surface area contributed by atoms with Crippen molar-refractivity contribution in [2.45, 2.75) is 20.3 Å². The highest BCUT2D eigenvalue weighted by Gasteiger charge is 2.16. The maximum absolute atomic E-state index is 12.6. The number of ketones is 1. The van der Waals surface area contributed by atoms with Crippen LogP contribution in [0.5, 0.6) is 11.5 Å². The lowest BCUT2D eigenvalue weighted by molar-refractivity contribution is 0.0986. The Kier molecular flexibility index (Phi) is 5.45. The van der Waals surface area contributed by atoms with Crippen LogP contribution in [0, 0.1) is 13.8 Å². The number of aryl methyl sites for hydroxylation is 2. The van der Waals surface area contributed by atoms with E-state index in [2.05, 4.69) is 5.32 Å². The quantitative estimate of drug-likeness (QED) is 0.577. The summed E-state index contributed by atoms with van der Waals surface area (Å²) in [5, 5.41) is 22.8. The molecule has 0 spiro atoms. The Labute approximate surface area is 163 Å². The summed E-state index contributed by atoms with van der Waals surface area (Å²) >= 11 is 0. The van der Waals surface area contributed by atoms with Gasteiger partial charge in [0.1, 0.15) is 11.5 Å². The molecule has 0 aliphatic heterocycles. The molecule has 0 radical (unpaired) electrons. The zero-order valence-corrected chi connectivity index (χ0v) is 15.7. The van der Waals surface area contributed by atoms with Gasteiger partial charge in [-0.1, -0.05) is 30.3 Å². The number of amides is 1. The number of benzene rings is 3. The number of carbonyl (C=O) groups excluding carboxylic acids is 2. The fourth-order valence-corrected chi connectivity index (χ4v) is 2.97. The van der Waals surface area contributed by atoms with Gasteiger partial charge in [0.25, 0.3) is 5.91 Å². The number of Topliss-reactive ketones (excluding diaryl/α,β-unsaturated/α-hetero) is 1. The van der Waals surface area contributed by atoms with Crippen LogP contribution in [0.15, 0.2) is 60.7 Å². The maximum atomic E-state index is 12.6. The third kappa shape index (κ3) is 4.20. The first-order valence-electron chi connectivity index (χ1n) is 8.87. The lowest BCUT2D eigenvalue weighted by atomic mass is 9.99. The summed E-state index contributed by atoms with van der Waals surface area (Å²) in [5.74, 6) is -0.875. The summed E-state index contributed by atoms with van der Waals surface area (Å²) in [7, 11) is 0. The number of hydrogen-bond acceptors (Lipinski definition) is 4. The van der Waals surface area contributed by atoms with Crippen LogP contribution in [-0.4, -0.2) is 21.9 Å². The normalized spacial score (nSPS) is 10.5. The minimum Gasteiger partial charge on any atom is -0.507 e. The topological polar surface area (TPSA) is 86.6 Å². The summed E-state index contributed by atoms with van der Waals surface area (Å²) in [5.41, 5.74) is 3.20. The molecule has 0 aliphatic rings. The van der Waals surface area contributed by atoms with Gasteiger partial charge in [-0.15, -0.1) is 0 Å². The molecule has 5 heteroatoms. The fourth-order valence-electron chi connectivity index (χ4n) is 2.97. The van der Waals surface area contributed by atoms with Crippen molar-refractivity contribution < 1.29 is 19.8 Å². The number of anilines is 1. The van der Waals surface area contributed by atoms with Gasteiger partial charge in [-0.2, -0.15) is 0 Å². The molecule has 3 rings (SSSR count). The van der Waals surface area contributed by atoms with Crippen LogP contribution in [0.25, 0.3) is 0 Å². The van der Waals surface area contributed by atoms with E-state index < -0.39 is 5.91 Å². The highest BCUT2D eigenvalue weighted by molar-refractivity contribution is 6.07. The number of aromatic hydroxyl groups is 2. The second-order valence-corrected chi connectivity index (χ2v) is 6.75. The van der Waals surface area contributed by atoms with Crippen molar-refractivity contribution >= 4 is 17.4 Å². The zero-order chi connectivity index (χ0) is 20.3. The van der Waals surface area contributed by atoms with E-state index in [4.69, 9.17) is 0 Å². The largest absolute Gasteiger partial charge is 0.507 e. The van der Waals surface area contributed by atoms with E-state index in [1.165, 1.54) is 6.07 Å². The number of phenols is 2. The standard InChI is InChI=1S/C23H21NO4/c1-14-7-9-17(20(25)11-14)22(27)13-16-5-3-4-6-19(16)24-23(28)18-10-8-15(2)12-21(18)26/h3-12,25-26H,13H2,1-2H3,(H,24,28). The van der Waals surface area contributed by atoms with Crippen molar-refractivity contribution in [2.24, 2.45) is 0 Å². The molecule has 3 aromatic carbocycles. The molecule has 5 nitrogen and oxygen atoms in total. The van der Waals surface area contributed by atoms with Gasteiger partial charge in [0.15, 0.2) is 5.78 Å². The Balaban J connectivity index is 1.83. The second kappa shape index (κ2) is 7.96. The highest BCUT2D eigenvalue weighted by Crippen LogP contribution is 2.25. The molecule has 0 atom stereocenters. The summed E-state index contributed by atoms with van der Waals surface area (Å²) in [6, 6.07) is 16.7. The third-order valence-electron chi connectivity index (χ3n) is 4.47. The van der Waals surface area contributed by atoms with Crippen LogP contribution in [0.2, 0.25) is 0 Å². The Morgan fingerprint density at radius 3 is 2.00 bits per heavy atom. The van der Waals surface area contributed by atoms with Gasteiger partial charge >= 0.3 is 0 Å². The highest BCUT2D eigenvalue weighted by atomic mass is 16.3. The monoisotopic (exact) mass is 375 g/mol. The molecular weight excluding hydrogens is 354 g/mol. The van der Waals surface area contributed by atoms with E-state index in [0.717, 1.165) is 11.1 Å². The minimum absolute atomic E-state index is 0.0208. The van der Waals surface area contributed by atoms with Gasteiger partial charge < -0.3 is 15.5 Å². The number of carbonyl (C=O) groups is 2. The van der Waals surface area contributed by atoms with E-state index in [1.807, 2.05) is 13.8 Å². The maximum Gasteiger partial charge on any atom is 0.259 e. The molecule has 0 bridgehead atoms. The molecule has 1 amide bonds. The van der Waals surface area contributed by atoms with Crippen molar-refractivity contribution in [3.8, 4) is 11.5 Å². The van der Waals surface area contributed by atoms with Crippen LogP contribution in [0.1, 0.15) is 37.4 Å². The van der Waals surface area contributed by atoms with Gasteiger partial charge in [0.05, 0.1) is 11.1 Å². The SMILES string of the molecule is Cc1ccc(C(=O)Cc2ccccc2NC(=O)c2ccc(C)cc2O)c(O)c1. The molecule has 0 unspecified atom stereocenters. The fraction of sp³-hybridized carbons (Fsp3) is 0.130. The van der Waals surface area contributed by atoms with Crippen molar-refractivity contribution in [2.75, 3.05) is 5.32 Å². The average molecular weight is 375 g/mol. The molecule has 0 aliphatic carbocycles. The number of nitrogens with one attached hydrogen (secondary N) is 1. The molecule has 0 saturated heterocycles. The lowest BCUT2D eigenvalue weighted by Gasteiger charge is -2.12. The van der Waals surface area contributed by atoms with Crippen LogP contribution in [-0.2, 0) is 6.42 Å². The van der Waals surface area contributed by atoms with E-state index in [0.29, 0.717) is 11.3 Å². The minimum atomic E-state index is -0.462. The number of phenolic OH excluding ortho intramolecular Hbond substituents is 2. The summed E-state index contributed by atoms with van der Waals surface area (Å²) in [6.07, 6.45) is 0.0208. The van der Waals surface area contributed by atoms with Gasteiger partial charge in [-0.05, 0) is 60.9 Å². The number of hydrogen-bond donors (Lipinski definition) is 3. The van der Waals surface area contributed by atoms with Gasteiger partial charge in [0.2, 0.25) is 0 Å². The molecular formula is C23H21NO4. The molecule has 142 valence electrons. The van der Waals surface area contributed by atoms with Crippen molar-refractivity contribution in [3.05, 3.63) is 88.5 Å². The Hall–Kier alpha value is -3.60. The first kappa shape index (κ1) is 19.2. The molecule has 3 N–H and O–H groups in total. The van der Waals surface area contributed by atoms with Gasteiger partial charge in [-0.25, -0.2) is 0 Å². The number of para-hydroxylation sites is 1. The van der Waals surface area contributed by atoms with Crippen molar-refractivity contribution in [3.63, 3.8) is 0 Å². The first-order valence-corrected chi connectivity index (χ1v) is 8.87. The van der Waals surface area contributed by atoms with E-state index >= 15 is 0 Å². The van der Waals surface area contributed by atoms with Crippen LogP contribution in [0.4, 0.5) is 5.69 Å². The van der Waals surface area contributed by atoms with Crippen molar-refractivity contribution in [1.29, 1.82) is 0 Å².